The van der Waals surface area contributed by atoms with Crippen LogP contribution in [0.5, 0.6) is 0 Å². The highest BCUT2D eigenvalue weighted by atomic mass is 32.1. The average Bonchev–Trinajstić information content (AvgIpc) is 3.08. The predicted octanol–water partition coefficient (Wildman–Crippen LogP) is 2.79. The lowest BCUT2D eigenvalue weighted by atomic mass is 9.90. The highest BCUT2D eigenvalue weighted by Crippen LogP contribution is 2.33. The zero-order chi connectivity index (χ0) is 19.8. The SMILES string of the molecule is CCOC(=O)CCC(NC(=O)c1cc2c(s1)CC(CS)CC2)C(=O)OCC. The van der Waals surface area contributed by atoms with Crippen LogP contribution in [-0.2, 0) is 31.9 Å². The maximum absolute atomic E-state index is 12.7. The summed E-state index contributed by atoms with van der Waals surface area (Å²) in [6, 6.07) is 1.05. The summed E-state index contributed by atoms with van der Waals surface area (Å²) in [7, 11) is 0. The van der Waals surface area contributed by atoms with Gasteiger partial charge in [0.25, 0.3) is 5.91 Å². The first-order chi connectivity index (χ1) is 13.0. The van der Waals surface area contributed by atoms with E-state index < -0.39 is 18.0 Å². The summed E-state index contributed by atoms with van der Waals surface area (Å²) >= 11 is 5.85. The first-order valence-electron chi connectivity index (χ1n) is 9.34. The second-order valence-corrected chi connectivity index (χ2v) is 7.97. The van der Waals surface area contributed by atoms with Crippen LogP contribution in [-0.4, -0.2) is 42.9 Å². The summed E-state index contributed by atoms with van der Waals surface area (Å²) < 4.78 is 9.92. The molecule has 2 atom stereocenters. The number of ether oxygens (including phenoxy) is 2. The van der Waals surface area contributed by atoms with Crippen molar-refractivity contribution in [2.24, 2.45) is 5.92 Å². The van der Waals surface area contributed by atoms with Gasteiger partial charge in [-0.2, -0.15) is 12.6 Å². The molecule has 2 rings (SSSR count). The van der Waals surface area contributed by atoms with Crippen molar-refractivity contribution < 1.29 is 23.9 Å². The Morgan fingerprint density at radius 3 is 2.70 bits per heavy atom. The molecule has 2 unspecified atom stereocenters. The Morgan fingerprint density at radius 1 is 1.30 bits per heavy atom. The summed E-state index contributed by atoms with van der Waals surface area (Å²) in [6.45, 7) is 3.92. The molecule has 27 heavy (non-hydrogen) atoms. The molecule has 1 aromatic heterocycles. The van der Waals surface area contributed by atoms with Gasteiger partial charge in [-0.3, -0.25) is 9.59 Å². The molecule has 0 aromatic carbocycles. The fourth-order valence-corrected chi connectivity index (χ4v) is 4.60. The summed E-state index contributed by atoms with van der Waals surface area (Å²) in [5.41, 5.74) is 1.21. The van der Waals surface area contributed by atoms with E-state index in [4.69, 9.17) is 9.47 Å². The number of hydrogen-bond acceptors (Lipinski definition) is 7. The number of rotatable bonds is 9. The lowest BCUT2D eigenvalue weighted by Crippen LogP contribution is -2.42. The van der Waals surface area contributed by atoms with Gasteiger partial charge in [0, 0.05) is 11.3 Å². The second kappa shape index (κ2) is 10.7. The zero-order valence-corrected chi connectivity index (χ0v) is 17.5. The lowest BCUT2D eigenvalue weighted by molar-refractivity contribution is -0.146. The molecule has 8 heteroatoms. The summed E-state index contributed by atoms with van der Waals surface area (Å²) in [5.74, 6) is 0.153. The van der Waals surface area contributed by atoms with Crippen molar-refractivity contribution in [2.45, 2.75) is 52.0 Å². The number of amides is 1. The van der Waals surface area contributed by atoms with Crippen molar-refractivity contribution in [1.29, 1.82) is 0 Å². The first-order valence-corrected chi connectivity index (χ1v) is 10.8. The van der Waals surface area contributed by atoms with Crippen molar-refractivity contribution >= 4 is 41.8 Å². The Balaban J connectivity index is 2.03. The molecule has 1 amide bonds. The molecule has 1 N–H and O–H groups in total. The number of esters is 2. The van der Waals surface area contributed by atoms with Gasteiger partial charge in [-0.25, -0.2) is 4.79 Å². The van der Waals surface area contributed by atoms with Gasteiger partial charge >= 0.3 is 11.9 Å². The smallest absolute Gasteiger partial charge is 0.328 e. The molecule has 1 aliphatic rings. The number of aryl methyl sites for hydroxylation is 1. The van der Waals surface area contributed by atoms with Gasteiger partial charge in [-0.15, -0.1) is 11.3 Å². The van der Waals surface area contributed by atoms with E-state index in [2.05, 4.69) is 17.9 Å². The third-order valence-corrected chi connectivity index (χ3v) is 6.21. The molecule has 1 aliphatic carbocycles. The summed E-state index contributed by atoms with van der Waals surface area (Å²) in [6.07, 6.45) is 3.17. The monoisotopic (exact) mass is 413 g/mol. The van der Waals surface area contributed by atoms with E-state index in [9.17, 15) is 14.4 Å². The number of thiol groups is 1. The summed E-state index contributed by atoms with van der Waals surface area (Å²) in [4.78, 5) is 38.2. The van der Waals surface area contributed by atoms with E-state index in [1.54, 1.807) is 13.8 Å². The Morgan fingerprint density at radius 2 is 2.04 bits per heavy atom. The van der Waals surface area contributed by atoms with Crippen LogP contribution in [0.25, 0.3) is 0 Å². The van der Waals surface area contributed by atoms with Gasteiger partial charge in [-0.1, -0.05) is 0 Å². The van der Waals surface area contributed by atoms with Crippen molar-refractivity contribution in [1.82, 2.24) is 5.32 Å². The predicted molar refractivity (Wildman–Crippen MR) is 107 cm³/mol. The minimum absolute atomic E-state index is 0.0438. The Labute approximate surface area is 169 Å². The molecule has 0 radical (unpaired) electrons. The molecular weight excluding hydrogens is 386 g/mol. The van der Waals surface area contributed by atoms with Crippen LogP contribution in [0.3, 0.4) is 0 Å². The molecule has 6 nitrogen and oxygen atoms in total. The summed E-state index contributed by atoms with van der Waals surface area (Å²) in [5, 5.41) is 2.72. The molecule has 0 bridgehead atoms. The van der Waals surface area contributed by atoms with Crippen LogP contribution < -0.4 is 5.32 Å². The van der Waals surface area contributed by atoms with Crippen molar-refractivity contribution in [3.05, 3.63) is 21.4 Å². The molecule has 0 spiro atoms. The van der Waals surface area contributed by atoms with Gasteiger partial charge in [0.05, 0.1) is 18.1 Å². The quantitative estimate of drug-likeness (QED) is 0.481. The zero-order valence-electron chi connectivity index (χ0n) is 15.8. The standard InChI is InChI=1S/C19H27NO5S2/c1-3-24-17(21)8-7-14(19(23)25-4-2)20-18(22)16-10-13-6-5-12(11-26)9-15(13)27-16/h10,12,14,26H,3-9,11H2,1-2H3,(H,20,22). The fraction of sp³-hybridized carbons (Fsp3) is 0.632. The van der Waals surface area contributed by atoms with Gasteiger partial charge < -0.3 is 14.8 Å². The number of fused-ring (bicyclic) bond motifs is 1. The number of thiophene rings is 1. The minimum Gasteiger partial charge on any atom is -0.466 e. The Bertz CT molecular complexity index is 673. The van der Waals surface area contributed by atoms with Crippen molar-refractivity contribution in [3.63, 3.8) is 0 Å². The fourth-order valence-electron chi connectivity index (χ4n) is 3.06. The largest absolute Gasteiger partial charge is 0.466 e. The first kappa shape index (κ1) is 21.8. The number of carbonyl (C=O) groups excluding carboxylic acids is 3. The molecule has 150 valence electrons. The highest BCUT2D eigenvalue weighted by Gasteiger charge is 2.27. The number of nitrogens with one attached hydrogen (secondary N) is 1. The molecule has 0 aliphatic heterocycles. The van der Waals surface area contributed by atoms with Crippen LogP contribution in [0.1, 0.15) is 53.2 Å². The molecule has 0 saturated carbocycles. The van der Waals surface area contributed by atoms with Crippen LogP contribution in [0.2, 0.25) is 0 Å². The molecule has 0 saturated heterocycles. The average molecular weight is 414 g/mol. The van der Waals surface area contributed by atoms with E-state index >= 15 is 0 Å². The van der Waals surface area contributed by atoms with Gasteiger partial charge in [-0.05, 0) is 62.8 Å². The molecular formula is C19H27NO5S2. The topological polar surface area (TPSA) is 81.7 Å². The van der Waals surface area contributed by atoms with E-state index in [0.717, 1.165) is 25.0 Å². The van der Waals surface area contributed by atoms with Crippen LogP contribution in [0.4, 0.5) is 0 Å². The maximum Gasteiger partial charge on any atom is 0.328 e. The van der Waals surface area contributed by atoms with Gasteiger partial charge in [0.15, 0.2) is 0 Å². The number of carbonyl (C=O) groups is 3. The third kappa shape index (κ3) is 6.24. The van der Waals surface area contributed by atoms with E-state index in [0.29, 0.717) is 10.8 Å². The van der Waals surface area contributed by atoms with Crippen molar-refractivity contribution in [3.8, 4) is 0 Å². The van der Waals surface area contributed by atoms with Crippen LogP contribution in [0.15, 0.2) is 6.07 Å². The maximum atomic E-state index is 12.7. The third-order valence-electron chi connectivity index (χ3n) is 4.49. The minimum atomic E-state index is -0.869. The van der Waals surface area contributed by atoms with E-state index in [1.807, 2.05) is 6.07 Å². The van der Waals surface area contributed by atoms with Crippen LogP contribution >= 0.6 is 24.0 Å². The van der Waals surface area contributed by atoms with Gasteiger partial charge in [0.1, 0.15) is 6.04 Å². The molecule has 1 heterocycles. The lowest BCUT2D eigenvalue weighted by Gasteiger charge is -2.19. The Hall–Kier alpha value is -1.54. The van der Waals surface area contributed by atoms with Crippen LogP contribution in [0, 0.1) is 5.92 Å². The Kier molecular flexibility index (Phi) is 8.63. The normalized spacial score (nSPS) is 16.9. The molecule has 1 aromatic rings. The molecule has 0 fully saturated rings. The second-order valence-electron chi connectivity index (χ2n) is 6.47. The highest BCUT2D eigenvalue weighted by molar-refractivity contribution is 7.80. The van der Waals surface area contributed by atoms with Crippen molar-refractivity contribution in [2.75, 3.05) is 19.0 Å². The number of hydrogen-bond donors (Lipinski definition) is 2. The van der Waals surface area contributed by atoms with Gasteiger partial charge in [0.2, 0.25) is 0 Å². The van der Waals surface area contributed by atoms with E-state index in [1.165, 1.54) is 21.8 Å². The van der Waals surface area contributed by atoms with E-state index in [-0.39, 0.29) is 32.0 Å².